The summed E-state index contributed by atoms with van der Waals surface area (Å²) in [7, 11) is 1.68. The van der Waals surface area contributed by atoms with Crippen LogP contribution in [0, 0.1) is 0 Å². The van der Waals surface area contributed by atoms with Gasteiger partial charge >= 0.3 is 0 Å². The largest absolute Gasteiger partial charge is 0.496 e. The number of nitrogens with zero attached hydrogens (tertiary/aromatic N) is 2. The highest BCUT2D eigenvalue weighted by atomic mass is 16.5. The van der Waals surface area contributed by atoms with Gasteiger partial charge in [-0.2, -0.15) is 0 Å². The van der Waals surface area contributed by atoms with Crippen molar-refractivity contribution in [3.8, 4) is 5.75 Å². The first-order valence-electron chi connectivity index (χ1n) is 7.75. The van der Waals surface area contributed by atoms with Gasteiger partial charge in [-0.25, -0.2) is 9.97 Å². The molecule has 1 aromatic heterocycles. The predicted molar refractivity (Wildman–Crippen MR) is 90.4 cm³/mol. The second kappa shape index (κ2) is 8.87. The molecule has 0 bridgehead atoms. The fourth-order valence-corrected chi connectivity index (χ4v) is 2.18. The maximum absolute atomic E-state index is 5.35. The lowest BCUT2D eigenvalue weighted by Gasteiger charge is -2.11. The quantitative estimate of drug-likeness (QED) is 0.692. The molecule has 1 heterocycles. The fourth-order valence-electron chi connectivity index (χ4n) is 2.18. The second-order valence-electron chi connectivity index (χ2n) is 5.09. The van der Waals surface area contributed by atoms with Crippen molar-refractivity contribution in [2.24, 2.45) is 0 Å². The number of para-hydroxylation sites is 1. The molecule has 118 valence electrons. The Morgan fingerprint density at radius 3 is 2.59 bits per heavy atom. The minimum Gasteiger partial charge on any atom is -0.496 e. The fraction of sp³-hybridized carbons (Fsp3) is 0.412. The minimum atomic E-state index is 0.663. The molecule has 2 N–H and O–H groups in total. The van der Waals surface area contributed by atoms with Crippen molar-refractivity contribution in [3.05, 3.63) is 42.2 Å². The Balaban J connectivity index is 1.90. The molecule has 2 rings (SSSR count). The Bertz CT molecular complexity index is 574. The van der Waals surface area contributed by atoms with Crippen molar-refractivity contribution >= 4 is 11.6 Å². The lowest BCUT2D eigenvalue weighted by molar-refractivity contribution is 0.410. The van der Waals surface area contributed by atoms with Crippen LogP contribution in [0.3, 0.4) is 0 Å². The lowest BCUT2D eigenvalue weighted by Crippen LogP contribution is -2.06. The first-order valence-corrected chi connectivity index (χ1v) is 7.75. The first kappa shape index (κ1) is 16.1. The zero-order valence-electron chi connectivity index (χ0n) is 13.3. The Morgan fingerprint density at radius 2 is 1.82 bits per heavy atom. The SMILES string of the molecule is CCCCCNc1cc(NCc2ccccc2OC)ncn1. The molecule has 0 aliphatic heterocycles. The molecule has 0 aliphatic rings. The highest BCUT2D eigenvalue weighted by molar-refractivity contribution is 5.47. The van der Waals surface area contributed by atoms with Crippen molar-refractivity contribution in [2.45, 2.75) is 32.7 Å². The van der Waals surface area contributed by atoms with E-state index in [9.17, 15) is 0 Å². The standard InChI is InChI=1S/C17H24N4O/c1-3-4-7-10-18-16-11-17(21-13-20-16)19-12-14-8-5-6-9-15(14)22-2/h5-6,8-9,11,13H,3-4,7,10,12H2,1-2H3,(H2,18,19,20,21). The van der Waals surface area contributed by atoms with E-state index in [4.69, 9.17) is 4.74 Å². The summed E-state index contributed by atoms with van der Waals surface area (Å²) in [6.07, 6.45) is 5.19. The molecule has 0 saturated heterocycles. The van der Waals surface area contributed by atoms with Gasteiger partial charge in [0.1, 0.15) is 23.7 Å². The number of hydrogen-bond donors (Lipinski definition) is 2. The molecule has 0 amide bonds. The van der Waals surface area contributed by atoms with Gasteiger partial charge in [0, 0.05) is 24.7 Å². The molecule has 0 spiro atoms. The predicted octanol–water partition coefficient (Wildman–Crippen LogP) is 3.70. The number of aromatic nitrogens is 2. The third kappa shape index (κ3) is 4.91. The number of rotatable bonds is 9. The molecular weight excluding hydrogens is 276 g/mol. The van der Waals surface area contributed by atoms with E-state index in [-0.39, 0.29) is 0 Å². The van der Waals surface area contributed by atoms with Crippen molar-refractivity contribution in [3.63, 3.8) is 0 Å². The molecule has 0 radical (unpaired) electrons. The van der Waals surface area contributed by atoms with Crippen LogP contribution in [0.2, 0.25) is 0 Å². The summed E-state index contributed by atoms with van der Waals surface area (Å²) in [4.78, 5) is 8.49. The van der Waals surface area contributed by atoms with Crippen LogP contribution >= 0.6 is 0 Å². The Morgan fingerprint density at radius 1 is 1.05 bits per heavy atom. The number of methoxy groups -OCH3 is 1. The van der Waals surface area contributed by atoms with Gasteiger partial charge in [0.15, 0.2) is 0 Å². The number of benzene rings is 1. The maximum atomic E-state index is 5.35. The zero-order valence-corrected chi connectivity index (χ0v) is 13.3. The third-order valence-electron chi connectivity index (χ3n) is 3.41. The van der Waals surface area contributed by atoms with Crippen molar-refractivity contribution in [1.82, 2.24) is 9.97 Å². The summed E-state index contributed by atoms with van der Waals surface area (Å²) in [6, 6.07) is 9.89. The molecule has 0 fully saturated rings. The number of anilines is 2. The molecular formula is C17H24N4O. The van der Waals surface area contributed by atoms with E-state index >= 15 is 0 Å². The molecule has 22 heavy (non-hydrogen) atoms. The molecule has 0 saturated carbocycles. The smallest absolute Gasteiger partial charge is 0.131 e. The zero-order chi connectivity index (χ0) is 15.6. The van der Waals surface area contributed by atoms with Gasteiger partial charge in [-0.15, -0.1) is 0 Å². The summed E-state index contributed by atoms with van der Waals surface area (Å²) in [6.45, 7) is 3.80. The van der Waals surface area contributed by atoms with Crippen LogP contribution in [0.5, 0.6) is 5.75 Å². The van der Waals surface area contributed by atoms with Gasteiger partial charge in [-0.1, -0.05) is 38.0 Å². The topological polar surface area (TPSA) is 59.1 Å². The van der Waals surface area contributed by atoms with Crippen LogP contribution in [-0.2, 0) is 6.54 Å². The van der Waals surface area contributed by atoms with E-state index < -0.39 is 0 Å². The van der Waals surface area contributed by atoms with Crippen molar-refractivity contribution in [1.29, 1.82) is 0 Å². The average Bonchev–Trinajstić information content (AvgIpc) is 2.57. The van der Waals surface area contributed by atoms with Gasteiger partial charge < -0.3 is 15.4 Å². The summed E-state index contributed by atoms with van der Waals surface area (Å²) in [5.41, 5.74) is 1.10. The molecule has 2 aromatic rings. The summed E-state index contributed by atoms with van der Waals surface area (Å²) in [5, 5.41) is 6.63. The number of hydrogen-bond acceptors (Lipinski definition) is 5. The highest BCUT2D eigenvalue weighted by Gasteiger charge is 2.03. The Kier molecular flexibility index (Phi) is 6.48. The van der Waals surface area contributed by atoms with Gasteiger partial charge in [0.05, 0.1) is 7.11 Å². The average molecular weight is 300 g/mol. The molecule has 0 atom stereocenters. The van der Waals surface area contributed by atoms with E-state index in [1.165, 1.54) is 12.8 Å². The van der Waals surface area contributed by atoms with Gasteiger partial charge in [-0.3, -0.25) is 0 Å². The van der Waals surface area contributed by atoms with Crippen molar-refractivity contribution < 1.29 is 4.74 Å². The van der Waals surface area contributed by atoms with E-state index in [0.29, 0.717) is 6.54 Å². The lowest BCUT2D eigenvalue weighted by atomic mass is 10.2. The second-order valence-corrected chi connectivity index (χ2v) is 5.09. The van der Waals surface area contributed by atoms with Crippen LogP contribution in [-0.4, -0.2) is 23.6 Å². The summed E-state index contributed by atoms with van der Waals surface area (Å²) < 4.78 is 5.35. The number of unbranched alkanes of at least 4 members (excludes halogenated alkanes) is 2. The minimum absolute atomic E-state index is 0.663. The maximum Gasteiger partial charge on any atom is 0.131 e. The van der Waals surface area contributed by atoms with Crippen LogP contribution in [0.25, 0.3) is 0 Å². The monoisotopic (exact) mass is 300 g/mol. The number of nitrogens with one attached hydrogen (secondary N) is 2. The van der Waals surface area contributed by atoms with Crippen LogP contribution in [0.15, 0.2) is 36.7 Å². The van der Waals surface area contributed by atoms with E-state index in [1.54, 1.807) is 13.4 Å². The van der Waals surface area contributed by atoms with Gasteiger partial charge in [0.2, 0.25) is 0 Å². The van der Waals surface area contributed by atoms with Crippen LogP contribution < -0.4 is 15.4 Å². The van der Waals surface area contributed by atoms with Crippen LogP contribution in [0.4, 0.5) is 11.6 Å². The third-order valence-corrected chi connectivity index (χ3v) is 3.41. The normalized spacial score (nSPS) is 10.3. The van der Waals surface area contributed by atoms with Crippen LogP contribution in [0.1, 0.15) is 31.7 Å². The Hall–Kier alpha value is -2.30. The molecule has 5 heteroatoms. The Labute approximate surface area is 132 Å². The van der Waals surface area contributed by atoms with E-state index in [2.05, 4.69) is 27.5 Å². The molecule has 0 unspecified atom stereocenters. The van der Waals surface area contributed by atoms with E-state index in [0.717, 1.165) is 35.9 Å². The molecule has 0 aliphatic carbocycles. The first-order chi connectivity index (χ1) is 10.8. The van der Waals surface area contributed by atoms with Crippen molar-refractivity contribution in [2.75, 3.05) is 24.3 Å². The summed E-state index contributed by atoms with van der Waals surface area (Å²) >= 11 is 0. The molecule has 1 aromatic carbocycles. The van der Waals surface area contributed by atoms with E-state index in [1.807, 2.05) is 30.3 Å². The van der Waals surface area contributed by atoms with Gasteiger partial charge in [0.25, 0.3) is 0 Å². The van der Waals surface area contributed by atoms with Gasteiger partial charge in [-0.05, 0) is 12.5 Å². The highest BCUT2D eigenvalue weighted by Crippen LogP contribution is 2.18. The molecule has 5 nitrogen and oxygen atoms in total. The number of ether oxygens (including phenoxy) is 1. The summed E-state index contributed by atoms with van der Waals surface area (Å²) in [5.74, 6) is 2.54.